The zero-order valence-corrected chi connectivity index (χ0v) is 40.8. The van der Waals surface area contributed by atoms with Gasteiger partial charge in [0.25, 0.3) is 0 Å². The molecular formula is C59H62N3OPt-. The fourth-order valence-corrected chi connectivity index (χ4v) is 8.36. The van der Waals surface area contributed by atoms with E-state index >= 15 is 0 Å². The van der Waals surface area contributed by atoms with E-state index < -0.39 is 42.2 Å². The predicted octanol–water partition coefficient (Wildman–Crippen LogP) is 16.4. The van der Waals surface area contributed by atoms with Crippen LogP contribution in [0.4, 0.5) is 0 Å². The molecule has 8 rings (SSSR count). The second-order valence-electron chi connectivity index (χ2n) is 18.6. The van der Waals surface area contributed by atoms with Gasteiger partial charge in [-0.1, -0.05) is 166 Å². The summed E-state index contributed by atoms with van der Waals surface area (Å²) in [6.45, 7) is 18.9. The van der Waals surface area contributed by atoms with E-state index in [1.807, 2.05) is 85.1 Å². The van der Waals surface area contributed by atoms with Crippen LogP contribution in [0.3, 0.4) is 0 Å². The molecule has 64 heavy (non-hydrogen) atoms. The molecule has 0 aliphatic rings. The Hall–Kier alpha value is -5.57. The molecule has 0 saturated carbocycles. The van der Waals surface area contributed by atoms with Crippen LogP contribution < -0.4 is 0 Å². The van der Waals surface area contributed by atoms with Gasteiger partial charge in [-0.05, 0) is 116 Å². The molecule has 0 aliphatic heterocycles. The molecule has 1 N–H and O–H groups in total. The van der Waals surface area contributed by atoms with Gasteiger partial charge in [0.1, 0.15) is 11.6 Å². The molecular weight excluding hydrogens is 962 g/mol. The SMILES string of the molecule is [2H]c1c([2H])c([2H])c(-c2ccnc(-c3[c-]c(-c4cccc5c4nc(-c4cc(C(C)C)cc(C(C)C)c4O)n5-c4ccc(-c5c(C([2H])(C)C)cccc5C([2H])(C)C)cc4C([2H])([2H])[2H])cc(C(C)(C)C)c3)c2)c([2H])c1[2H].[Pt]. The maximum atomic E-state index is 12.3. The Kier molecular flexibility index (Phi) is 10.1. The Labute approximate surface area is 410 Å². The molecule has 4 nitrogen and oxygen atoms in total. The van der Waals surface area contributed by atoms with Crippen molar-refractivity contribution >= 4 is 11.0 Å². The van der Waals surface area contributed by atoms with Gasteiger partial charge in [-0.25, -0.2) is 4.98 Å². The molecule has 5 heteroatoms. The number of pyridine rings is 1. The van der Waals surface area contributed by atoms with Gasteiger partial charge in [-0.3, -0.25) is 9.55 Å². The molecule has 0 unspecified atom stereocenters. The summed E-state index contributed by atoms with van der Waals surface area (Å²) in [6, 6.07) is 29.5. The Bertz CT molecular complexity index is 3420. The number of imidazole rings is 1. The number of nitrogens with zero attached hydrogens (tertiary/aromatic N) is 3. The van der Waals surface area contributed by atoms with Crippen molar-refractivity contribution in [1.82, 2.24) is 14.5 Å². The standard InChI is InChI=1S/C59H62N3O.Pt/c1-35(2)43-32-50(38(7)8)57(63)51(33-43)58-61-56-49(44-29-45(31-46(30-44)59(10,11)12)52-34-41(26-27-60-52)40-18-14-13-15-19-40)22-17-23-54(56)62(58)53-25-24-42(28-39(53)9)55-47(36(3)4)20-16-21-48(55)37(5)6;/h13-28,30-38,63H,1-12H3;/q-1;/i9D3,13D,14D,15D,18D,19D,36D,37D;. The van der Waals surface area contributed by atoms with Crippen molar-refractivity contribution in [3.63, 3.8) is 0 Å². The third kappa shape index (κ3) is 8.92. The van der Waals surface area contributed by atoms with Crippen LogP contribution >= 0.6 is 0 Å². The fraction of sp³-hybridized carbons (Fsp3) is 0.288. The minimum absolute atomic E-state index is 0. The second-order valence-corrected chi connectivity index (χ2v) is 18.6. The van der Waals surface area contributed by atoms with Crippen molar-refractivity contribution in [1.29, 1.82) is 0 Å². The number of phenolic OH excluding ortho intramolecular Hbond substituents is 1. The number of hydrogen-bond donors (Lipinski definition) is 1. The van der Waals surface area contributed by atoms with E-state index in [1.54, 1.807) is 58.2 Å². The molecule has 8 aromatic rings. The Balaban J connectivity index is 0.00000800. The molecule has 330 valence electrons. The Morgan fingerprint density at radius 2 is 1.39 bits per heavy atom. The van der Waals surface area contributed by atoms with Gasteiger partial charge in [0.05, 0.1) is 29.1 Å². The van der Waals surface area contributed by atoms with Crippen LogP contribution in [-0.2, 0) is 26.5 Å². The quantitative estimate of drug-likeness (QED) is 0.139. The molecule has 2 aromatic heterocycles. The van der Waals surface area contributed by atoms with Gasteiger partial charge >= 0.3 is 0 Å². The van der Waals surface area contributed by atoms with Crippen molar-refractivity contribution in [2.24, 2.45) is 0 Å². The predicted molar refractivity (Wildman–Crippen MR) is 266 cm³/mol. The minimum Gasteiger partial charge on any atom is -0.507 e. The summed E-state index contributed by atoms with van der Waals surface area (Å²) < 4.78 is 89.8. The molecule has 0 radical (unpaired) electrons. The largest absolute Gasteiger partial charge is 0.507 e. The van der Waals surface area contributed by atoms with E-state index in [1.165, 1.54) is 0 Å². The van der Waals surface area contributed by atoms with Gasteiger partial charge in [0, 0.05) is 39.8 Å². The van der Waals surface area contributed by atoms with Crippen molar-refractivity contribution in [3.05, 3.63) is 167 Å². The first-order valence-electron chi connectivity index (χ1n) is 26.7. The number of aryl methyl sites for hydroxylation is 1. The molecule has 0 bridgehead atoms. The average Bonchev–Trinajstić information content (AvgIpc) is 3.70. The van der Waals surface area contributed by atoms with Crippen LogP contribution in [0, 0.1) is 12.9 Å². The summed E-state index contributed by atoms with van der Waals surface area (Å²) in [4.78, 5) is 10.1. The fourth-order valence-electron chi connectivity index (χ4n) is 8.36. The average molecular weight is 1030 g/mol. The van der Waals surface area contributed by atoms with Crippen LogP contribution in [0.15, 0.2) is 127 Å². The maximum absolute atomic E-state index is 12.3. The van der Waals surface area contributed by atoms with Gasteiger partial charge in [-0.15, -0.1) is 29.3 Å². The molecule has 0 spiro atoms. The molecule has 0 saturated heterocycles. The number of para-hydroxylation sites is 1. The topological polar surface area (TPSA) is 50.9 Å². The zero-order valence-electron chi connectivity index (χ0n) is 48.5. The van der Waals surface area contributed by atoms with E-state index in [4.69, 9.17) is 23.7 Å². The van der Waals surface area contributed by atoms with Crippen LogP contribution in [0.5, 0.6) is 5.75 Å². The van der Waals surface area contributed by atoms with E-state index in [0.29, 0.717) is 78.3 Å². The molecule has 0 amide bonds. The normalized spacial score (nSPS) is 14.7. The molecule has 0 aliphatic carbocycles. The van der Waals surface area contributed by atoms with E-state index in [2.05, 4.69) is 40.7 Å². The summed E-state index contributed by atoms with van der Waals surface area (Å²) in [5.74, 6) is -1.81. The first-order chi connectivity index (χ1) is 33.9. The maximum Gasteiger partial charge on any atom is 0.148 e. The van der Waals surface area contributed by atoms with Crippen molar-refractivity contribution in [2.75, 3.05) is 0 Å². The van der Waals surface area contributed by atoms with Crippen LogP contribution in [0.25, 0.3) is 72.7 Å². The van der Waals surface area contributed by atoms with Gasteiger partial charge in [0.2, 0.25) is 0 Å². The van der Waals surface area contributed by atoms with Crippen molar-refractivity contribution in [3.8, 4) is 67.5 Å². The molecule has 6 aromatic carbocycles. The van der Waals surface area contributed by atoms with E-state index in [0.717, 1.165) is 16.7 Å². The van der Waals surface area contributed by atoms with Gasteiger partial charge < -0.3 is 5.11 Å². The van der Waals surface area contributed by atoms with Crippen LogP contribution in [0.2, 0.25) is 0 Å². The first kappa shape index (κ1) is 34.8. The van der Waals surface area contributed by atoms with Crippen molar-refractivity contribution < 1.29 is 39.9 Å². The number of aromatic nitrogens is 3. The summed E-state index contributed by atoms with van der Waals surface area (Å²) >= 11 is 0. The molecule has 0 atom stereocenters. The summed E-state index contributed by atoms with van der Waals surface area (Å²) in [6.07, 6.45) is 1.55. The minimum atomic E-state index is -2.68. The molecule has 2 heterocycles. The first-order valence-corrected chi connectivity index (χ1v) is 21.7. The second kappa shape index (κ2) is 18.5. The van der Waals surface area contributed by atoms with E-state index in [9.17, 15) is 5.11 Å². The third-order valence-electron chi connectivity index (χ3n) is 11.9. The monoisotopic (exact) mass is 1030 g/mol. The Morgan fingerprint density at radius 3 is 2.03 bits per heavy atom. The zero-order chi connectivity index (χ0) is 53.6. The summed E-state index contributed by atoms with van der Waals surface area (Å²) in [5, 5.41) is 12.3. The summed E-state index contributed by atoms with van der Waals surface area (Å²) in [5.41, 5.74) is 9.39. The third-order valence-corrected chi connectivity index (χ3v) is 11.9. The number of rotatable bonds is 10. The number of fused-ring (bicyclic) bond motifs is 1. The van der Waals surface area contributed by atoms with Gasteiger partial charge in [-0.2, -0.15) is 0 Å². The number of benzene rings is 6. The van der Waals surface area contributed by atoms with Crippen molar-refractivity contribution in [2.45, 2.75) is 112 Å². The Morgan fingerprint density at radius 1 is 0.703 bits per heavy atom. The molecule has 0 fully saturated rings. The summed E-state index contributed by atoms with van der Waals surface area (Å²) in [7, 11) is 0. The van der Waals surface area contributed by atoms with Gasteiger partial charge in [0.15, 0.2) is 0 Å². The van der Waals surface area contributed by atoms with Crippen LogP contribution in [-0.4, -0.2) is 19.6 Å². The smallest absolute Gasteiger partial charge is 0.148 e. The number of hydrogen-bond acceptors (Lipinski definition) is 3. The number of phenols is 1. The van der Waals surface area contributed by atoms with E-state index in [-0.39, 0.29) is 61.9 Å². The van der Waals surface area contributed by atoms with Crippen LogP contribution in [0.1, 0.15) is 147 Å². The number of aromatic hydroxyl groups is 1.